The van der Waals surface area contributed by atoms with Gasteiger partial charge in [0.05, 0.1) is 15.6 Å². The molecule has 0 fully saturated rings. The Bertz CT molecular complexity index is 695. The van der Waals surface area contributed by atoms with E-state index in [0.29, 0.717) is 10.5 Å². The zero-order valence-electron chi connectivity index (χ0n) is 10.0. The van der Waals surface area contributed by atoms with Crippen LogP contribution >= 0.6 is 39.1 Å². The molecule has 1 aromatic carbocycles. The number of hydrogen-bond acceptors (Lipinski definition) is 3. The normalized spacial score (nSPS) is 11.5. The number of aromatic nitrogens is 1. The van der Waals surface area contributed by atoms with Gasteiger partial charge in [0, 0.05) is 16.6 Å². The Balaban J connectivity index is 2.40. The fraction of sp³-hybridized carbons (Fsp3) is 0.0833. The minimum atomic E-state index is -4.56. The second-order valence-electron chi connectivity index (χ2n) is 3.92. The van der Waals surface area contributed by atoms with Gasteiger partial charge >= 0.3 is 6.18 Å². The van der Waals surface area contributed by atoms with Crippen molar-refractivity contribution in [3.8, 4) is 11.6 Å². The molecule has 0 aliphatic heterocycles. The standard InChI is InChI=1S/C12H6BrCl2F3N2O/c13-6-3-8(15)9(4-7(6)14)21-11-2-5(12(16,17)18)1-10(19)20-11/h1-4H,(H2,19,20). The summed E-state index contributed by atoms with van der Waals surface area (Å²) in [4.78, 5) is 3.68. The Kier molecular flexibility index (Phi) is 4.55. The van der Waals surface area contributed by atoms with Gasteiger partial charge in [0.1, 0.15) is 11.6 Å². The molecule has 0 aliphatic carbocycles. The first-order valence-electron chi connectivity index (χ1n) is 5.34. The third-order valence-corrected chi connectivity index (χ3v) is 3.83. The fourth-order valence-corrected chi connectivity index (χ4v) is 2.27. The Hall–Kier alpha value is -1.18. The first-order valence-corrected chi connectivity index (χ1v) is 6.89. The maximum absolute atomic E-state index is 12.7. The molecule has 0 amide bonds. The molecule has 0 atom stereocenters. The van der Waals surface area contributed by atoms with Gasteiger partial charge in [-0.2, -0.15) is 18.2 Å². The number of rotatable bonds is 2. The van der Waals surface area contributed by atoms with Gasteiger partial charge in [0.25, 0.3) is 0 Å². The highest BCUT2D eigenvalue weighted by Gasteiger charge is 2.31. The molecule has 0 saturated heterocycles. The summed E-state index contributed by atoms with van der Waals surface area (Å²) < 4.78 is 43.8. The van der Waals surface area contributed by atoms with E-state index < -0.39 is 11.7 Å². The van der Waals surface area contributed by atoms with E-state index in [1.165, 1.54) is 12.1 Å². The molecule has 0 spiro atoms. The fourth-order valence-electron chi connectivity index (χ4n) is 1.44. The van der Waals surface area contributed by atoms with Crippen molar-refractivity contribution >= 4 is 44.9 Å². The molecule has 0 unspecified atom stereocenters. The lowest BCUT2D eigenvalue weighted by Crippen LogP contribution is -2.07. The minimum absolute atomic E-state index is 0.0658. The number of ether oxygens (including phenoxy) is 1. The minimum Gasteiger partial charge on any atom is -0.437 e. The lowest BCUT2D eigenvalue weighted by atomic mass is 10.2. The largest absolute Gasteiger partial charge is 0.437 e. The van der Waals surface area contributed by atoms with Gasteiger partial charge in [0.15, 0.2) is 0 Å². The number of halogens is 6. The van der Waals surface area contributed by atoms with Gasteiger partial charge in [-0.25, -0.2) is 0 Å². The van der Waals surface area contributed by atoms with Crippen molar-refractivity contribution in [1.29, 1.82) is 0 Å². The molecule has 21 heavy (non-hydrogen) atoms. The van der Waals surface area contributed by atoms with Crippen molar-refractivity contribution < 1.29 is 17.9 Å². The molecular formula is C12H6BrCl2F3N2O. The van der Waals surface area contributed by atoms with Gasteiger partial charge < -0.3 is 10.5 Å². The maximum atomic E-state index is 12.7. The van der Waals surface area contributed by atoms with Crippen molar-refractivity contribution in [3.63, 3.8) is 0 Å². The van der Waals surface area contributed by atoms with E-state index >= 15 is 0 Å². The molecule has 0 bridgehead atoms. The molecule has 0 radical (unpaired) electrons. The lowest BCUT2D eigenvalue weighted by molar-refractivity contribution is -0.137. The van der Waals surface area contributed by atoms with Gasteiger partial charge in [-0.05, 0) is 28.1 Å². The number of benzene rings is 1. The Morgan fingerprint density at radius 2 is 1.76 bits per heavy atom. The molecule has 112 valence electrons. The number of nitrogens with two attached hydrogens (primary N) is 1. The highest BCUT2D eigenvalue weighted by molar-refractivity contribution is 9.10. The number of nitrogen functional groups attached to an aromatic ring is 1. The lowest BCUT2D eigenvalue weighted by Gasteiger charge is -2.12. The second-order valence-corrected chi connectivity index (χ2v) is 5.58. The van der Waals surface area contributed by atoms with Crippen LogP contribution in [0.4, 0.5) is 19.0 Å². The number of hydrogen-bond donors (Lipinski definition) is 1. The summed E-state index contributed by atoms with van der Waals surface area (Å²) in [6.07, 6.45) is -4.56. The van der Waals surface area contributed by atoms with Crippen LogP contribution in [0.2, 0.25) is 10.0 Å². The summed E-state index contributed by atoms with van der Waals surface area (Å²) in [6.45, 7) is 0. The number of pyridine rings is 1. The Morgan fingerprint density at radius 1 is 1.10 bits per heavy atom. The van der Waals surface area contributed by atoms with E-state index in [1.807, 2.05) is 0 Å². The molecule has 0 saturated carbocycles. The molecular weight excluding hydrogens is 396 g/mol. The van der Waals surface area contributed by atoms with Crippen molar-refractivity contribution in [2.24, 2.45) is 0 Å². The van der Waals surface area contributed by atoms with Crippen molar-refractivity contribution in [2.45, 2.75) is 6.18 Å². The number of anilines is 1. The molecule has 9 heteroatoms. The molecule has 2 aromatic rings. The summed E-state index contributed by atoms with van der Waals surface area (Å²) in [5.74, 6) is -0.585. The molecule has 1 heterocycles. The maximum Gasteiger partial charge on any atom is 0.416 e. The van der Waals surface area contributed by atoms with E-state index in [0.717, 1.165) is 6.07 Å². The highest BCUT2D eigenvalue weighted by Crippen LogP contribution is 2.38. The second kappa shape index (κ2) is 5.90. The van der Waals surface area contributed by atoms with Crippen molar-refractivity contribution in [1.82, 2.24) is 4.98 Å². The van der Waals surface area contributed by atoms with Crippen molar-refractivity contribution in [3.05, 3.63) is 44.3 Å². The van der Waals surface area contributed by atoms with Crippen LogP contribution in [0.3, 0.4) is 0 Å². The summed E-state index contributed by atoms with van der Waals surface area (Å²) in [5.41, 5.74) is 4.38. The van der Waals surface area contributed by atoms with E-state index in [9.17, 15) is 13.2 Å². The average Bonchev–Trinajstić information content (AvgIpc) is 2.34. The summed E-state index contributed by atoms with van der Waals surface area (Å²) in [5, 5.41) is 0.443. The Morgan fingerprint density at radius 3 is 2.38 bits per heavy atom. The summed E-state index contributed by atoms with van der Waals surface area (Å²) >= 11 is 15.0. The summed E-state index contributed by atoms with van der Waals surface area (Å²) in [6, 6.07) is 4.24. The molecule has 0 aliphatic rings. The van der Waals surface area contributed by atoms with Crippen LogP contribution in [0.25, 0.3) is 0 Å². The van der Waals surface area contributed by atoms with Crippen LogP contribution in [0.5, 0.6) is 11.6 Å². The van der Waals surface area contributed by atoms with Crippen LogP contribution in [0, 0.1) is 0 Å². The van der Waals surface area contributed by atoms with Gasteiger partial charge in [-0.3, -0.25) is 0 Å². The smallest absolute Gasteiger partial charge is 0.416 e. The molecule has 2 rings (SSSR count). The quantitative estimate of drug-likeness (QED) is 0.671. The van der Waals surface area contributed by atoms with Gasteiger partial charge in [-0.15, -0.1) is 0 Å². The van der Waals surface area contributed by atoms with Crippen LogP contribution in [0.1, 0.15) is 5.56 Å². The molecule has 2 N–H and O–H groups in total. The SMILES string of the molecule is Nc1cc(C(F)(F)F)cc(Oc2cc(Cl)c(Br)cc2Cl)n1. The van der Waals surface area contributed by atoms with E-state index in [-0.39, 0.29) is 27.5 Å². The number of nitrogens with zero attached hydrogens (tertiary/aromatic N) is 1. The van der Waals surface area contributed by atoms with E-state index in [2.05, 4.69) is 20.9 Å². The monoisotopic (exact) mass is 400 g/mol. The first kappa shape index (κ1) is 16.2. The Labute approximate surface area is 135 Å². The van der Waals surface area contributed by atoms with Gasteiger partial charge in [-0.1, -0.05) is 23.2 Å². The van der Waals surface area contributed by atoms with Crippen LogP contribution in [-0.2, 0) is 6.18 Å². The van der Waals surface area contributed by atoms with Crippen LogP contribution in [0.15, 0.2) is 28.7 Å². The first-order chi connectivity index (χ1) is 9.66. The molecule has 1 aromatic heterocycles. The van der Waals surface area contributed by atoms with Gasteiger partial charge in [0.2, 0.25) is 5.88 Å². The van der Waals surface area contributed by atoms with Crippen molar-refractivity contribution in [2.75, 3.05) is 5.73 Å². The zero-order chi connectivity index (χ0) is 15.8. The van der Waals surface area contributed by atoms with Crippen LogP contribution in [-0.4, -0.2) is 4.98 Å². The molecule has 3 nitrogen and oxygen atoms in total. The number of alkyl halides is 3. The average molecular weight is 402 g/mol. The predicted molar refractivity (Wildman–Crippen MR) is 77.9 cm³/mol. The van der Waals surface area contributed by atoms with Crippen LogP contribution < -0.4 is 10.5 Å². The zero-order valence-corrected chi connectivity index (χ0v) is 13.1. The van der Waals surface area contributed by atoms with E-state index in [1.54, 1.807) is 0 Å². The topological polar surface area (TPSA) is 48.1 Å². The predicted octanol–water partition coefficient (Wildman–Crippen LogP) is 5.54. The summed E-state index contributed by atoms with van der Waals surface area (Å²) in [7, 11) is 0. The third-order valence-electron chi connectivity index (χ3n) is 2.34. The third kappa shape index (κ3) is 3.93. The highest BCUT2D eigenvalue weighted by atomic mass is 79.9. The van der Waals surface area contributed by atoms with E-state index in [4.69, 9.17) is 33.7 Å².